The zero-order valence-electron chi connectivity index (χ0n) is 12.6. The molecule has 0 amide bonds. The maximum atomic E-state index is 12.7. The summed E-state index contributed by atoms with van der Waals surface area (Å²) < 4.78 is 26.2. The molecule has 0 radical (unpaired) electrons. The van der Waals surface area contributed by atoms with E-state index in [1.807, 2.05) is 34.6 Å². The zero-order chi connectivity index (χ0) is 15.7. The van der Waals surface area contributed by atoms with Crippen LogP contribution in [0.2, 0.25) is 0 Å². The van der Waals surface area contributed by atoms with Crippen LogP contribution in [-0.4, -0.2) is 8.42 Å². The zero-order valence-corrected chi connectivity index (χ0v) is 15.0. The van der Waals surface area contributed by atoms with Gasteiger partial charge in [0.1, 0.15) is 0 Å². The molecule has 4 heteroatoms. The molecule has 0 aliphatic heterocycles. The Morgan fingerprint density at radius 1 is 1.10 bits per heavy atom. The van der Waals surface area contributed by atoms with E-state index >= 15 is 0 Å². The van der Waals surface area contributed by atoms with Crippen molar-refractivity contribution in [1.29, 1.82) is 0 Å². The Morgan fingerprint density at radius 3 is 1.90 bits per heavy atom. The Bertz CT molecular complexity index is 641. The van der Waals surface area contributed by atoms with Gasteiger partial charge >= 0.3 is 0 Å². The van der Waals surface area contributed by atoms with E-state index in [0.717, 1.165) is 15.6 Å². The van der Waals surface area contributed by atoms with Gasteiger partial charge in [-0.15, -0.1) is 0 Å². The number of hydrogen-bond donors (Lipinski definition) is 0. The monoisotopic (exact) mass is 356 g/mol. The Hall–Kier alpha value is -0.870. The molecule has 110 valence electrons. The molecule has 0 fully saturated rings. The predicted octanol–water partition coefficient (Wildman–Crippen LogP) is 5.12. The van der Waals surface area contributed by atoms with E-state index in [4.69, 9.17) is 0 Å². The second-order valence-corrected chi connectivity index (χ2v) is 8.89. The molecule has 0 N–H and O–H groups in total. The van der Waals surface area contributed by atoms with Crippen molar-refractivity contribution < 1.29 is 8.42 Å². The molecule has 0 unspecified atom stereocenters. The lowest BCUT2D eigenvalue weighted by Crippen LogP contribution is -2.18. The van der Waals surface area contributed by atoms with E-state index in [-0.39, 0.29) is 15.2 Å². The minimum absolute atomic E-state index is 0.187. The fourth-order valence-corrected chi connectivity index (χ4v) is 4.16. The number of hydrogen-bond acceptors (Lipinski definition) is 2. The van der Waals surface area contributed by atoms with Crippen molar-refractivity contribution in [3.8, 4) is 0 Å². The second-order valence-electron chi connectivity index (χ2n) is 6.01. The first-order chi connectivity index (χ1) is 8.98. The molecule has 0 bridgehead atoms. The van der Waals surface area contributed by atoms with Gasteiger partial charge < -0.3 is 0 Å². The van der Waals surface area contributed by atoms with Gasteiger partial charge in [-0.2, -0.15) is 0 Å². The number of benzene rings is 1. The number of sulfone groups is 1. The van der Waals surface area contributed by atoms with E-state index in [9.17, 15) is 8.42 Å². The smallest absolute Gasteiger partial charge is 0.206 e. The van der Waals surface area contributed by atoms with Crippen LogP contribution in [0.1, 0.15) is 34.6 Å². The van der Waals surface area contributed by atoms with Crippen LogP contribution in [0.5, 0.6) is 0 Å². The number of allylic oxidation sites excluding steroid dienone is 2. The van der Waals surface area contributed by atoms with Gasteiger partial charge in [-0.25, -0.2) is 8.42 Å². The highest BCUT2D eigenvalue weighted by Crippen LogP contribution is 2.37. The summed E-state index contributed by atoms with van der Waals surface area (Å²) in [6.07, 6.45) is 0. The fraction of sp³-hybridized carbons (Fsp3) is 0.375. The molecule has 0 atom stereocenters. The Balaban J connectivity index is 3.39. The lowest BCUT2D eigenvalue weighted by atomic mass is 9.84. The first kappa shape index (κ1) is 17.2. The Kier molecular flexibility index (Phi) is 5.03. The summed E-state index contributed by atoms with van der Waals surface area (Å²) in [5, 5.41) is 0. The van der Waals surface area contributed by atoms with Crippen LogP contribution >= 0.6 is 15.9 Å². The highest BCUT2D eigenvalue weighted by atomic mass is 79.9. The van der Waals surface area contributed by atoms with Gasteiger partial charge in [0.05, 0.1) is 9.80 Å². The van der Waals surface area contributed by atoms with Crippen molar-refractivity contribution in [2.24, 2.45) is 5.41 Å². The third kappa shape index (κ3) is 3.61. The molecule has 1 aromatic rings. The average Bonchev–Trinajstić information content (AvgIpc) is 2.26. The molecular weight excluding hydrogens is 336 g/mol. The summed E-state index contributed by atoms with van der Waals surface area (Å²) in [4.78, 5) is 0.459. The Morgan fingerprint density at radius 2 is 1.55 bits per heavy atom. The standard InChI is InChI=1S/C16H21BrO2S/c1-11(2)15(16(4,5)6)12(3)20(18,19)14-9-7-13(17)8-10-14/h7-10H,3H2,1-2,4-6H3. The molecule has 0 spiro atoms. The van der Waals surface area contributed by atoms with Crippen molar-refractivity contribution in [3.05, 3.63) is 51.4 Å². The van der Waals surface area contributed by atoms with Crippen LogP contribution in [0.25, 0.3) is 0 Å². The molecule has 0 heterocycles. The molecule has 0 aromatic heterocycles. The summed E-state index contributed by atoms with van der Waals surface area (Å²) in [6.45, 7) is 13.7. The number of rotatable bonds is 3. The van der Waals surface area contributed by atoms with Crippen LogP contribution in [-0.2, 0) is 9.84 Å². The van der Waals surface area contributed by atoms with E-state index in [2.05, 4.69) is 22.5 Å². The van der Waals surface area contributed by atoms with Crippen molar-refractivity contribution in [2.75, 3.05) is 0 Å². The molecule has 2 nitrogen and oxygen atoms in total. The fourth-order valence-electron chi connectivity index (χ4n) is 2.34. The van der Waals surface area contributed by atoms with Gasteiger partial charge in [0.15, 0.2) is 0 Å². The number of halogens is 1. The Labute approximate surface area is 130 Å². The van der Waals surface area contributed by atoms with Crippen molar-refractivity contribution in [3.63, 3.8) is 0 Å². The minimum atomic E-state index is -3.56. The first-order valence-electron chi connectivity index (χ1n) is 6.36. The highest BCUT2D eigenvalue weighted by Gasteiger charge is 2.29. The van der Waals surface area contributed by atoms with Crippen molar-refractivity contribution in [2.45, 2.75) is 39.5 Å². The summed E-state index contributed by atoms with van der Waals surface area (Å²) in [5.41, 5.74) is 1.50. The van der Waals surface area contributed by atoms with Gasteiger partial charge in [-0.3, -0.25) is 0 Å². The topological polar surface area (TPSA) is 34.1 Å². The van der Waals surface area contributed by atoms with Gasteiger partial charge in [0.2, 0.25) is 9.84 Å². The molecular formula is C16H21BrO2S. The largest absolute Gasteiger partial charge is 0.219 e. The molecule has 0 saturated carbocycles. The molecule has 0 aliphatic carbocycles. The highest BCUT2D eigenvalue weighted by molar-refractivity contribution is 9.10. The van der Waals surface area contributed by atoms with E-state index in [1.54, 1.807) is 24.3 Å². The molecule has 20 heavy (non-hydrogen) atoms. The summed E-state index contributed by atoms with van der Waals surface area (Å²) in [7, 11) is -3.56. The maximum absolute atomic E-state index is 12.7. The van der Waals surface area contributed by atoms with Crippen LogP contribution in [0, 0.1) is 5.41 Å². The van der Waals surface area contributed by atoms with Gasteiger partial charge in [-0.05, 0) is 49.1 Å². The lowest BCUT2D eigenvalue weighted by molar-refractivity contribution is 0.507. The van der Waals surface area contributed by atoms with Gasteiger partial charge in [0.25, 0.3) is 0 Å². The van der Waals surface area contributed by atoms with Crippen molar-refractivity contribution >= 4 is 25.8 Å². The average molecular weight is 357 g/mol. The third-order valence-corrected chi connectivity index (χ3v) is 5.25. The van der Waals surface area contributed by atoms with E-state index in [0.29, 0.717) is 0 Å². The first-order valence-corrected chi connectivity index (χ1v) is 8.63. The molecule has 0 saturated heterocycles. The van der Waals surface area contributed by atoms with E-state index in [1.165, 1.54) is 0 Å². The van der Waals surface area contributed by atoms with Crippen LogP contribution in [0.3, 0.4) is 0 Å². The van der Waals surface area contributed by atoms with E-state index < -0.39 is 9.84 Å². The lowest BCUT2D eigenvalue weighted by Gasteiger charge is -2.26. The maximum Gasteiger partial charge on any atom is 0.206 e. The van der Waals surface area contributed by atoms with Crippen molar-refractivity contribution in [1.82, 2.24) is 0 Å². The quantitative estimate of drug-likeness (QED) is 0.704. The summed E-state index contributed by atoms with van der Waals surface area (Å²) in [5.74, 6) is 0. The summed E-state index contributed by atoms with van der Waals surface area (Å²) in [6, 6.07) is 6.63. The van der Waals surface area contributed by atoms with Crippen LogP contribution in [0.15, 0.2) is 56.3 Å². The minimum Gasteiger partial charge on any atom is -0.219 e. The van der Waals surface area contributed by atoms with Gasteiger partial charge in [-0.1, -0.05) is 48.9 Å². The molecule has 1 rings (SSSR count). The third-order valence-electron chi connectivity index (χ3n) is 2.98. The normalized spacial score (nSPS) is 12.1. The second kappa shape index (κ2) is 5.86. The summed E-state index contributed by atoms with van der Waals surface area (Å²) >= 11 is 3.31. The molecule has 1 aromatic carbocycles. The molecule has 0 aliphatic rings. The van der Waals surface area contributed by atoms with Crippen LogP contribution in [0.4, 0.5) is 0 Å². The SMILES string of the molecule is C=C(C(=C(C)C)C(C)(C)C)S(=O)(=O)c1ccc(Br)cc1. The predicted molar refractivity (Wildman–Crippen MR) is 88.3 cm³/mol. The van der Waals surface area contributed by atoms with Gasteiger partial charge in [0, 0.05) is 4.47 Å². The van der Waals surface area contributed by atoms with Crippen LogP contribution < -0.4 is 0 Å².